The lowest BCUT2D eigenvalue weighted by atomic mass is 10.1. The molecule has 1 aromatic heterocycles. The molecule has 0 aliphatic heterocycles. The minimum atomic E-state index is 0.00464. The van der Waals surface area contributed by atoms with E-state index in [4.69, 9.17) is 9.47 Å². The quantitative estimate of drug-likeness (QED) is 0.694. The van der Waals surface area contributed by atoms with Gasteiger partial charge in [-0.15, -0.1) is 0 Å². The van der Waals surface area contributed by atoms with Crippen molar-refractivity contribution < 1.29 is 14.3 Å². The summed E-state index contributed by atoms with van der Waals surface area (Å²) >= 11 is 0. The van der Waals surface area contributed by atoms with E-state index >= 15 is 0 Å². The Morgan fingerprint density at radius 3 is 2.43 bits per heavy atom. The number of hydrogen-bond acceptors (Lipinski definition) is 5. The largest absolute Gasteiger partial charge is 0.497 e. The van der Waals surface area contributed by atoms with Gasteiger partial charge in [0.2, 0.25) is 5.91 Å². The molecule has 2 aromatic carbocycles. The summed E-state index contributed by atoms with van der Waals surface area (Å²) in [5.74, 6) is 1.75. The molecule has 0 bridgehead atoms. The van der Waals surface area contributed by atoms with Gasteiger partial charge < -0.3 is 14.8 Å². The second-order valence-corrected chi connectivity index (χ2v) is 6.82. The summed E-state index contributed by atoms with van der Waals surface area (Å²) < 4.78 is 10.8. The number of aryl methyl sites for hydroxylation is 1. The van der Waals surface area contributed by atoms with Crippen LogP contribution in [0, 0.1) is 12.8 Å². The SMILES string of the molecule is COc1ccc([C@@H]2C[C@H]2C(=O)Nc2ccc(Oc3nccc(C)n3)cc2)cc1. The highest BCUT2D eigenvalue weighted by Crippen LogP contribution is 2.48. The predicted molar refractivity (Wildman–Crippen MR) is 106 cm³/mol. The number of rotatable bonds is 6. The molecule has 1 N–H and O–H groups in total. The van der Waals surface area contributed by atoms with Gasteiger partial charge in [0.05, 0.1) is 7.11 Å². The second-order valence-electron chi connectivity index (χ2n) is 6.82. The van der Waals surface area contributed by atoms with Crippen LogP contribution in [0.5, 0.6) is 17.5 Å². The number of ether oxygens (including phenoxy) is 2. The number of nitrogens with zero attached hydrogens (tertiary/aromatic N) is 2. The van der Waals surface area contributed by atoms with Gasteiger partial charge in [0.1, 0.15) is 11.5 Å². The number of anilines is 1. The molecule has 1 saturated carbocycles. The zero-order valence-electron chi connectivity index (χ0n) is 15.8. The van der Waals surface area contributed by atoms with Crippen molar-refractivity contribution in [3.63, 3.8) is 0 Å². The molecule has 1 aliphatic rings. The van der Waals surface area contributed by atoms with E-state index in [1.807, 2.05) is 49.4 Å². The molecule has 6 heteroatoms. The molecule has 0 saturated heterocycles. The lowest BCUT2D eigenvalue weighted by Gasteiger charge is -2.08. The van der Waals surface area contributed by atoms with E-state index in [0.29, 0.717) is 11.8 Å². The third kappa shape index (κ3) is 4.11. The fraction of sp³-hybridized carbons (Fsp3) is 0.227. The van der Waals surface area contributed by atoms with Crippen molar-refractivity contribution in [1.82, 2.24) is 9.97 Å². The summed E-state index contributed by atoms with van der Waals surface area (Å²) in [5, 5.41) is 2.98. The lowest BCUT2D eigenvalue weighted by molar-refractivity contribution is -0.117. The monoisotopic (exact) mass is 375 g/mol. The number of nitrogens with one attached hydrogen (secondary N) is 1. The van der Waals surface area contributed by atoms with E-state index in [0.717, 1.165) is 23.6 Å². The molecule has 28 heavy (non-hydrogen) atoms. The van der Waals surface area contributed by atoms with E-state index in [-0.39, 0.29) is 17.7 Å². The van der Waals surface area contributed by atoms with E-state index in [1.165, 1.54) is 5.56 Å². The van der Waals surface area contributed by atoms with E-state index < -0.39 is 0 Å². The first-order valence-electron chi connectivity index (χ1n) is 9.15. The third-order valence-electron chi connectivity index (χ3n) is 4.77. The Balaban J connectivity index is 1.33. The standard InChI is InChI=1S/C22H21N3O3/c1-14-11-12-23-22(24-14)28-18-9-5-16(6-10-18)25-21(26)20-13-19(20)15-3-7-17(27-2)8-4-15/h3-12,19-20H,13H2,1-2H3,(H,25,26)/t19-,20+/m0/s1. The van der Waals surface area contributed by atoms with Crippen LogP contribution in [-0.2, 0) is 4.79 Å². The Labute approximate surface area is 163 Å². The van der Waals surface area contributed by atoms with Crippen LogP contribution in [0.4, 0.5) is 5.69 Å². The van der Waals surface area contributed by atoms with Gasteiger partial charge in [-0.25, -0.2) is 9.97 Å². The number of aromatic nitrogens is 2. The molecule has 2 atom stereocenters. The van der Waals surface area contributed by atoms with Gasteiger partial charge in [0, 0.05) is 23.5 Å². The first-order chi connectivity index (χ1) is 13.6. The van der Waals surface area contributed by atoms with Crippen molar-refractivity contribution in [1.29, 1.82) is 0 Å². The maximum absolute atomic E-state index is 12.5. The molecule has 1 fully saturated rings. The Morgan fingerprint density at radius 2 is 1.75 bits per heavy atom. The summed E-state index contributed by atoms with van der Waals surface area (Å²) in [5.41, 5.74) is 2.75. The van der Waals surface area contributed by atoms with Gasteiger partial charge in [0.15, 0.2) is 0 Å². The zero-order valence-corrected chi connectivity index (χ0v) is 15.8. The number of hydrogen-bond donors (Lipinski definition) is 1. The lowest BCUT2D eigenvalue weighted by Crippen LogP contribution is -2.14. The number of carbonyl (C=O) groups excluding carboxylic acids is 1. The van der Waals surface area contributed by atoms with Crippen LogP contribution in [0.25, 0.3) is 0 Å². The van der Waals surface area contributed by atoms with Crippen molar-refractivity contribution in [3.05, 3.63) is 72.1 Å². The average molecular weight is 375 g/mol. The molecule has 142 valence electrons. The highest BCUT2D eigenvalue weighted by Gasteiger charge is 2.43. The van der Waals surface area contributed by atoms with Crippen molar-refractivity contribution >= 4 is 11.6 Å². The van der Waals surface area contributed by atoms with Crippen LogP contribution in [-0.4, -0.2) is 23.0 Å². The van der Waals surface area contributed by atoms with Crippen LogP contribution < -0.4 is 14.8 Å². The molecule has 6 nitrogen and oxygen atoms in total. The number of carbonyl (C=O) groups is 1. The average Bonchev–Trinajstić information content (AvgIpc) is 3.51. The molecule has 4 rings (SSSR count). The van der Waals surface area contributed by atoms with Gasteiger partial charge in [-0.1, -0.05) is 12.1 Å². The minimum absolute atomic E-state index is 0.00464. The Morgan fingerprint density at radius 1 is 1.04 bits per heavy atom. The molecule has 1 aliphatic carbocycles. The topological polar surface area (TPSA) is 73.3 Å². The summed E-state index contributed by atoms with van der Waals surface area (Å²) in [6.45, 7) is 1.88. The van der Waals surface area contributed by atoms with Crippen LogP contribution in [0.1, 0.15) is 23.6 Å². The maximum atomic E-state index is 12.5. The highest BCUT2D eigenvalue weighted by molar-refractivity contribution is 5.95. The molecule has 0 spiro atoms. The van der Waals surface area contributed by atoms with Crippen LogP contribution in [0.2, 0.25) is 0 Å². The van der Waals surface area contributed by atoms with Gasteiger partial charge in [-0.05, 0) is 67.3 Å². The van der Waals surface area contributed by atoms with Crippen LogP contribution in [0.3, 0.4) is 0 Å². The van der Waals surface area contributed by atoms with Crippen molar-refractivity contribution in [3.8, 4) is 17.5 Å². The first kappa shape index (κ1) is 18.0. The Bertz CT molecular complexity index is 971. The van der Waals surface area contributed by atoms with Crippen LogP contribution in [0.15, 0.2) is 60.8 Å². The Hall–Kier alpha value is -3.41. The highest BCUT2D eigenvalue weighted by atomic mass is 16.5. The summed E-state index contributed by atoms with van der Waals surface area (Å²) in [6.07, 6.45) is 2.52. The van der Waals surface area contributed by atoms with Crippen molar-refractivity contribution in [2.45, 2.75) is 19.3 Å². The van der Waals surface area contributed by atoms with Crippen molar-refractivity contribution in [2.75, 3.05) is 12.4 Å². The molecule has 0 radical (unpaired) electrons. The molecule has 3 aromatic rings. The smallest absolute Gasteiger partial charge is 0.322 e. The minimum Gasteiger partial charge on any atom is -0.497 e. The number of methoxy groups -OCH3 is 1. The van der Waals surface area contributed by atoms with E-state index in [2.05, 4.69) is 15.3 Å². The second kappa shape index (κ2) is 7.68. The molecular formula is C22H21N3O3. The van der Waals surface area contributed by atoms with Gasteiger partial charge in [-0.2, -0.15) is 0 Å². The fourth-order valence-electron chi connectivity index (χ4n) is 3.13. The predicted octanol–water partition coefficient (Wildman–Crippen LogP) is 4.33. The number of amides is 1. The maximum Gasteiger partial charge on any atom is 0.322 e. The van der Waals surface area contributed by atoms with Gasteiger partial charge in [-0.3, -0.25) is 4.79 Å². The van der Waals surface area contributed by atoms with Crippen LogP contribution >= 0.6 is 0 Å². The van der Waals surface area contributed by atoms with E-state index in [9.17, 15) is 4.79 Å². The molecule has 1 heterocycles. The van der Waals surface area contributed by atoms with Gasteiger partial charge in [0.25, 0.3) is 0 Å². The Kier molecular flexibility index (Phi) is 4.93. The number of benzene rings is 2. The summed E-state index contributed by atoms with van der Waals surface area (Å²) in [6, 6.07) is 17.2. The third-order valence-corrected chi connectivity index (χ3v) is 4.77. The zero-order chi connectivity index (χ0) is 19.5. The fourth-order valence-corrected chi connectivity index (χ4v) is 3.13. The summed E-state index contributed by atoms with van der Waals surface area (Å²) in [7, 11) is 1.65. The molecule has 0 unspecified atom stereocenters. The normalized spacial score (nSPS) is 17.6. The summed E-state index contributed by atoms with van der Waals surface area (Å²) in [4.78, 5) is 20.8. The van der Waals surface area contributed by atoms with Gasteiger partial charge >= 0.3 is 6.01 Å². The molecule has 1 amide bonds. The molecular weight excluding hydrogens is 354 g/mol. The van der Waals surface area contributed by atoms with Crippen molar-refractivity contribution in [2.24, 2.45) is 5.92 Å². The first-order valence-corrected chi connectivity index (χ1v) is 9.15. The van der Waals surface area contributed by atoms with E-state index in [1.54, 1.807) is 25.4 Å².